The Labute approximate surface area is 111 Å². The molecule has 1 fully saturated rings. The summed E-state index contributed by atoms with van der Waals surface area (Å²) in [7, 11) is 1.55. The molecule has 1 amide bonds. The molecule has 1 saturated heterocycles. The summed E-state index contributed by atoms with van der Waals surface area (Å²) in [6.07, 6.45) is 3.58. The van der Waals surface area contributed by atoms with Crippen molar-refractivity contribution in [3.8, 4) is 0 Å². The maximum atomic E-state index is 11.7. The van der Waals surface area contributed by atoms with Crippen molar-refractivity contribution >= 4 is 5.91 Å². The normalized spacial score (nSPS) is 21.1. The topological polar surface area (TPSA) is 38.8 Å². The van der Waals surface area contributed by atoms with Gasteiger partial charge in [-0.05, 0) is 18.3 Å². The SMILES string of the molecule is COCC(=O)N1CCO[C@@H](CCCC(C)(C)C)C1. The second-order valence-electron chi connectivity index (χ2n) is 6.22. The first-order valence-corrected chi connectivity index (χ1v) is 6.81. The van der Waals surface area contributed by atoms with Gasteiger partial charge in [0.05, 0.1) is 12.7 Å². The predicted octanol–water partition coefficient (Wildman–Crippen LogP) is 2.08. The molecule has 1 atom stereocenters. The molecule has 18 heavy (non-hydrogen) atoms. The first-order chi connectivity index (χ1) is 8.42. The molecule has 1 heterocycles. The summed E-state index contributed by atoms with van der Waals surface area (Å²) in [6.45, 7) is 8.99. The van der Waals surface area contributed by atoms with Crippen molar-refractivity contribution in [3.05, 3.63) is 0 Å². The lowest BCUT2D eigenvalue weighted by atomic mass is 9.89. The zero-order valence-electron chi connectivity index (χ0n) is 12.2. The highest BCUT2D eigenvalue weighted by Gasteiger charge is 2.24. The van der Waals surface area contributed by atoms with E-state index < -0.39 is 0 Å². The van der Waals surface area contributed by atoms with E-state index in [-0.39, 0.29) is 18.6 Å². The number of carbonyl (C=O) groups is 1. The summed E-state index contributed by atoms with van der Waals surface area (Å²) < 4.78 is 10.6. The van der Waals surface area contributed by atoms with Gasteiger partial charge in [0.15, 0.2) is 0 Å². The van der Waals surface area contributed by atoms with Crippen LogP contribution < -0.4 is 0 Å². The lowest BCUT2D eigenvalue weighted by Crippen LogP contribution is -2.46. The number of ether oxygens (including phenoxy) is 2. The Hall–Kier alpha value is -0.610. The smallest absolute Gasteiger partial charge is 0.248 e. The maximum Gasteiger partial charge on any atom is 0.248 e. The van der Waals surface area contributed by atoms with Gasteiger partial charge in [-0.15, -0.1) is 0 Å². The second-order valence-corrected chi connectivity index (χ2v) is 6.22. The molecule has 0 spiro atoms. The number of amides is 1. The van der Waals surface area contributed by atoms with Crippen LogP contribution in [0.1, 0.15) is 40.0 Å². The standard InChI is InChI=1S/C14H27NO3/c1-14(2,3)7-5-6-12-10-15(8-9-18-12)13(16)11-17-4/h12H,5-11H2,1-4H3/t12-/m0/s1. The van der Waals surface area contributed by atoms with Gasteiger partial charge < -0.3 is 14.4 Å². The molecule has 106 valence electrons. The van der Waals surface area contributed by atoms with Crippen molar-refractivity contribution in [3.63, 3.8) is 0 Å². The molecule has 0 radical (unpaired) electrons. The summed E-state index contributed by atoms with van der Waals surface area (Å²) in [4.78, 5) is 13.6. The molecule has 0 bridgehead atoms. The maximum absolute atomic E-state index is 11.7. The average Bonchev–Trinajstić information content (AvgIpc) is 2.28. The van der Waals surface area contributed by atoms with Gasteiger partial charge in [-0.25, -0.2) is 0 Å². The Bertz CT molecular complexity index is 260. The van der Waals surface area contributed by atoms with Crippen LogP contribution in [0, 0.1) is 5.41 Å². The molecule has 1 aliphatic heterocycles. The van der Waals surface area contributed by atoms with E-state index in [9.17, 15) is 4.79 Å². The summed E-state index contributed by atoms with van der Waals surface area (Å²) in [5, 5.41) is 0. The molecular weight excluding hydrogens is 230 g/mol. The summed E-state index contributed by atoms with van der Waals surface area (Å²) in [5.41, 5.74) is 0.375. The van der Waals surface area contributed by atoms with E-state index in [2.05, 4.69) is 20.8 Å². The molecule has 0 aromatic carbocycles. The number of hydrogen-bond donors (Lipinski definition) is 0. The number of nitrogens with zero attached hydrogens (tertiary/aromatic N) is 1. The molecule has 0 unspecified atom stereocenters. The van der Waals surface area contributed by atoms with E-state index in [0.717, 1.165) is 12.8 Å². The van der Waals surface area contributed by atoms with E-state index >= 15 is 0 Å². The molecular formula is C14H27NO3. The highest BCUT2D eigenvalue weighted by Crippen LogP contribution is 2.23. The van der Waals surface area contributed by atoms with Crippen LogP contribution >= 0.6 is 0 Å². The zero-order chi connectivity index (χ0) is 13.6. The van der Waals surface area contributed by atoms with Gasteiger partial charge in [-0.1, -0.05) is 27.2 Å². The fourth-order valence-corrected chi connectivity index (χ4v) is 2.20. The van der Waals surface area contributed by atoms with Crippen LogP contribution in [0.4, 0.5) is 0 Å². The van der Waals surface area contributed by atoms with Gasteiger partial charge in [-0.2, -0.15) is 0 Å². The summed E-state index contributed by atoms with van der Waals surface area (Å²) in [6, 6.07) is 0. The third-order valence-electron chi connectivity index (χ3n) is 3.21. The van der Waals surface area contributed by atoms with Crippen LogP contribution in [0.2, 0.25) is 0 Å². The van der Waals surface area contributed by atoms with Crippen LogP contribution in [0.5, 0.6) is 0 Å². The predicted molar refractivity (Wildman–Crippen MR) is 71.5 cm³/mol. The van der Waals surface area contributed by atoms with Crippen LogP contribution in [-0.4, -0.2) is 50.3 Å². The van der Waals surface area contributed by atoms with Crippen LogP contribution in [0.15, 0.2) is 0 Å². The summed E-state index contributed by atoms with van der Waals surface area (Å²) >= 11 is 0. The van der Waals surface area contributed by atoms with Gasteiger partial charge in [0.2, 0.25) is 5.91 Å². The zero-order valence-corrected chi connectivity index (χ0v) is 12.2. The third kappa shape index (κ3) is 5.83. The van der Waals surface area contributed by atoms with E-state index in [0.29, 0.717) is 25.1 Å². The Balaban J connectivity index is 2.28. The largest absolute Gasteiger partial charge is 0.375 e. The van der Waals surface area contributed by atoms with Gasteiger partial charge in [0.25, 0.3) is 0 Å². The fourth-order valence-electron chi connectivity index (χ4n) is 2.20. The van der Waals surface area contributed by atoms with Crippen molar-refractivity contribution in [1.29, 1.82) is 0 Å². The molecule has 0 aromatic heterocycles. The molecule has 4 heteroatoms. The Morgan fingerprint density at radius 1 is 1.44 bits per heavy atom. The molecule has 1 aliphatic rings. The van der Waals surface area contributed by atoms with Crippen molar-refractivity contribution < 1.29 is 14.3 Å². The molecule has 1 rings (SSSR count). The molecule has 0 aromatic rings. The van der Waals surface area contributed by atoms with Crippen molar-refractivity contribution in [1.82, 2.24) is 4.90 Å². The molecule has 0 N–H and O–H groups in total. The minimum atomic E-state index is 0.0709. The first kappa shape index (κ1) is 15.4. The van der Waals surface area contributed by atoms with Crippen LogP contribution in [-0.2, 0) is 14.3 Å². The number of morpholine rings is 1. The van der Waals surface area contributed by atoms with E-state index in [4.69, 9.17) is 9.47 Å². The van der Waals surface area contributed by atoms with E-state index in [1.54, 1.807) is 7.11 Å². The molecule has 0 aliphatic carbocycles. The van der Waals surface area contributed by atoms with Gasteiger partial charge in [-0.3, -0.25) is 4.79 Å². The first-order valence-electron chi connectivity index (χ1n) is 6.81. The monoisotopic (exact) mass is 257 g/mol. The quantitative estimate of drug-likeness (QED) is 0.757. The van der Waals surface area contributed by atoms with Gasteiger partial charge >= 0.3 is 0 Å². The number of rotatable bonds is 5. The van der Waals surface area contributed by atoms with Crippen LogP contribution in [0.25, 0.3) is 0 Å². The number of carbonyl (C=O) groups excluding carboxylic acids is 1. The number of hydrogen-bond acceptors (Lipinski definition) is 3. The average molecular weight is 257 g/mol. The Morgan fingerprint density at radius 2 is 2.17 bits per heavy atom. The number of methoxy groups -OCH3 is 1. The van der Waals surface area contributed by atoms with Gasteiger partial charge in [0.1, 0.15) is 6.61 Å². The fraction of sp³-hybridized carbons (Fsp3) is 0.929. The molecule has 0 saturated carbocycles. The second kappa shape index (κ2) is 7.10. The highest BCUT2D eigenvalue weighted by molar-refractivity contribution is 5.77. The minimum absolute atomic E-state index is 0.0709. The molecule has 4 nitrogen and oxygen atoms in total. The highest BCUT2D eigenvalue weighted by atomic mass is 16.5. The van der Waals surface area contributed by atoms with E-state index in [1.165, 1.54) is 6.42 Å². The Kier molecular flexibility index (Phi) is 6.09. The van der Waals surface area contributed by atoms with Gasteiger partial charge in [0, 0.05) is 20.2 Å². The van der Waals surface area contributed by atoms with Crippen molar-refractivity contribution in [2.24, 2.45) is 5.41 Å². The lowest BCUT2D eigenvalue weighted by molar-refractivity contribution is -0.142. The van der Waals surface area contributed by atoms with Crippen LogP contribution in [0.3, 0.4) is 0 Å². The lowest BCUT2D eigenvalue weighted by Gasteiger charge is -2.33. The van der Waals surface area contributed by atoms with Crippen molar-refractivity contribution in [2.75, 3.05) is 33.4 Å². The van der Waals surface area contributed by atoms with E-state index in [1.807, 2.05) is 4.90 Å². The third-order valence-corrected chi connectivity index (χ3v) is 3.21. The summed E-state index contributed by atoms with van der Waals surface area (Å²) in [5.74, 6) is 0.0709. The Morgan fingerprint density at radius 3 is 2.78 bits per heavy atom. The van der Waals surface area contributed by atoms with Crippen molar-refractivity contribution in [2.45, 2.75) is 46.1 Å². The minimum Gasteiger partial charge on any atom is -0.375 e.